The fourth-order valence-electron chi connectivity index (χ4n) is 4.89. The van der Waals surface area contributed by atoms with Crippen molar-refractivity contribution in [2.45, 2.75) is 44.9 Å². The van der Waals surface area contributed by atoms with Gasteiger partial charge in [0, 0.05) is 48.7 Å². The van der Waals surface area contributed by atoms with Crippen LogP contribution in [0.2, 0.25) is 0 Å². The summed E-state index contributed by atoms with van der Waals surface area (Å²) < 4.78 is 2.04. The maximum Gasteiger partial charge on any atom is 0.254 e. The van der Waals surface area contributed by atoms with Crippen molar-refractivity contribution in [2.75, 3.05) is 13.1 Å². The molecule has 162 valence electrons. The molecule has 7 nitrogen and oxygen atoms in total. The monoisotopic (exact) mass is 426 g/mol. The van der Waals surface area contributed by atoms with Crippen molar-refractivity contribution in [3.63, 3.8) is 0 Å². The minimum absolute atomic E-state index is 0.0973. The Morgan fingerprint density at radius 2 is 1.94 bits per heavy atom. The molecule has 7 heteroatoms. The van der Waals surface area contributed by atoms with Gasteiger partial charge in [0.15, 0.2) is 5.82 Å². The van der Waals surface area contributed by atoms with Crippen LogP contribution in [0, 0.1) is 13.8 Å². The maximum atomic E-state index is 13.4. The third-order valence-corrected chi connectivity index (χ3v) is 7.08. The van der Waals surface area contributed by atoms with Crippen LogP contribution >= 0.6 is 0 Å². The number of H-pyrrole nitrogens is 1. The summed E-state index contributed by atoms with van der Waals surface area (Å²) in [7, 11) is 0. The Kier molecular flexibility index (Phi) is 4.38. The number of nitrogens with zero attached hydrogens (tertiary/aromatic N) is 5. The van der Waals surface area contributed by atoms with Crippen LogP contribution in [0.3, 0.4) is 0 Å². The molecule has 2 fully saturated rings. The van der Waals surface area contributed by atoms with E-state index in [9.17, 15) is 4.79 Å². The normalized spacial score (nSPS) is 16.9. The summed E-state index contributed by atoms with van der Waals surface area (Å²) >= 11 is 0. The zero-order chi connectivity index (χ0) is 21.8. The zero-order valence-corrected chi connectivity index (χ0v) is 18.4. The number of aryl methyl sites for hydroxylation is 2. The van der Waals surface area contributed by atoms with E-state index >= 15 is 0 Å². The van der Waals surface area contributed by atoms with Crippen molar-refractivity contribution < 1.29 is 4.79 Å². The highest BCUT2D eigenvalue weighted by atomic mass is 16.2. The van der Waals surface area contributed by atoms with E-state index in [4.69, 9.17) is 0 Å². The molecule has 1 N–H and O–H groups in total. The number of hydrogen-bond acceptors (Lipinski definition) is 4. The molecule has 1 amide bonds. The largest absolute Gasteiger partial charge is 0.337 e. The predicted octanol–water partition coefficient (Wildman–Crippen LogP) is 4.24. The number of rotatable bonds is 4. The molecule has 0 unspecified atom stereocenters. The van der Waals surface area contributed by atoms with Crippen LogP contribution in [0.1, 0.15) is 64.0 Å². The van der Waals surface area contributed by atoms with Crippen molar-refractivity contribution >= 4 is 11.6 Å². The van der Waals surface area contributed by atoms with E-state index in [1.807, 2.05) is 34.6 Å². The van der Waals surface area contributed by atoms with E-state index < -0.39 is 0 Å². The fraction of sp³-hybridized carbons (Fsp3) is 0.360. The molecule has 0 spiro atoms. The number of nitrogens with one attached hydrogen (secondary N) is 1. The summed E-state index contributed by atoms with van der Waals surface area (Å²) in [5, 5.41) is 8.48. The summed E-state index contributed by atoms with van der Waals surface area (Å²) in [6.45, 7) is 5.43. The molecule has 1 aromatic carbocycles. The number of amides is 1. The SMILES string of the molecule is Cc1nnc(-c2cc(C(=O)N3CC(c4ccc5nccn5c4)C3)c(C)cc2C2CCC2)[nH]1. The Bertz CT molecular complexity index is 1330. The Morgan fingerprint density at radius 1 is 1.09 bits per heavy atom. The molecular weight excluding hydrogens is 400 g/mol. The van der Waals surface area contributed by atoms with Crippen molar-refractivity contribution in [2.24, 2.45) is 0 Å². The summed E-state index contributed by atoms with van der Waals surface area (Å²) in [6, 6.07) is 8.40. The van der Waals surface area contributed by atoms with Crippen LogP contribution < -0.4 is 0 Å². The molecule has 0 radical (unpaired) electrons. The van der Waals surface area contributed by atoms with Crippen molar-refractivity contribution in [1.82, 2.24) is 29.5 Å². The minimum Gasteiger partial charge on any atom is -0.337 e. The second-order valence-corrected chi connectivity index (χ2v) is 9.20. The Labute approximate surface area is 186 Å². The lowest BCUT2D eigenvalue weighted by atomic mass is 9.77. The number of carbonyl (C=O) groups excluding carboxylic acids is 1. The predicted molar refractivity (Wildman–Crippen MR) is 122 cm³/mol. The fourth-order valence-corrected chi connectivity index (χ4v) is 4.89. The zero-order valence-electron chi connectivity index (χ0n) is 18.4. The second kappa shape index (κ2) is 7.29. The highest BCUT2D eigenvalue weighted by Gasteiger charge is 2.34. The smallest absolute Gasteiger partial charge is 0.254 e. The maximum absolute atomic E-state index is 13.4. The van der Waals surface area contributed by atoms with Gasteiger partial charge in [-0.3, -0.25) is 4.79 Å². The average Bonchev–Trinajstić information content (AvgIpc) is 3.34. The van der Waals surface area contributed by atoms with Crippen LogP contribution in [0.25, 0.3) is 17.0 Å². The van der Waals surface area contributed by atoms with E-state index in [0.29, 0.717) is 11.8 Å². The molecule has 2 aliphatic rings. The van der Waals surface area contributed by atoms with E-state index in [2.05, 4.69) is 45.4 Å². The van der Waals surface area contributed by atoms with Crippen LogP contribution in [0.15, 0.2) is 42.9 Å². The molecule has 4 heterocycles. The van der Waals surface area contributed by atoms with Gasteiger partial charge in [0.2, 0.25) is 0 Å². The number of fused-ring (bicyclic) bond motifs is 1. The highest BCUT2D eigenvalue weighted by molar-refractivity contribution is 5.97. The number of aromatic amines is 1. The van der Waals surface area contributed by atoms with Gasteiger partial charge < -0.3 is 14.3 Å². The van der Waals surface area contributed by atoms with Crippen LogP contribution in [-0.2, 0) is 0 Å². The van der Waals surface area contributed by atoms with Gasteiger partial charge in [0.25, 0.3) is 5.91 Å². The molecular formula is C25H26N6O. The summed E-state index contributed by atoms with van der Waals surface area (Å²) in [5.74, 6) is 2.54. The molecule has 4 aromatic rings. The minimum atomic E-state index is 0.0973. The van der Waals surface area contributed by atoms with Crippen LogP contribution in [-0.4, -0.2) is 48.5 Å². The lowest BCUT2D eigenvalue weighted by molar-refractivity contribution is 0.0601. The molecule has 1 aliphatic carbocycles. The summed E-state index contributed by atoms with van der Waals surface area (Å²) in [4.78, 5) is 22.9. The Hall–Kier alpha value is -3.48. The third-order valence-electron chi connectivity index (χ3n) is 7.08. The van der Waals surface area contributed by atoms with Crippen LogP contribution in [0.5, 0.6) is 0 Å². The molecule has 1 saturated carbocycles. The van der Waals surface area contributed by atoms with Crippen molar-refractivity contribution in [3.8, 4) is 11.4 Å². The number of imidazole rings is 1. The van der Waals surface area contributed by atoms with Gasteiger partial charge in [-0.15, -0.1) is 10.2 Å². The number of benzene rings is 1. The summed E-state index contributed by atoms with van der Waals surface area (Å²) in [6.07, 6.45) is 9.54. The van der Waals surface area contributed by atoms with E-state index in [1.165, 1.54) is 30.4 Å². The van der Waals surface area contributed by atoms with E-state index in [0.717, 1.165) is 47.1 Å². The molecule has 0 atom stereocenters. The lowest BCUT2D eigenvalue weighted by Crippen LogP contribution is -2.48. The van der Waals surface area contributed by atoms with Gasteiger partial charge in [-0.25, -0.2) is 4.98 Å². The molecule has 1 saturated heterocycles. The number of hydrogen-bond donors (Lipinski definition) is 1. The lowest BCUT2D eigenvalue weighted by Gasteiger charge is -2.40. The Balaban J connectivity index is 1.27. The van der Waals surface area contributed by atoms with Crippen LogP contribution in [0.4, 0.5) is 0 Å². The first-order valence-electron chi connectivity index (χ1n) is 11.3. The van der Waals surface area contributed by atoms with Gasteiger partial charge in [-0.2, -0.15) is 0 Å². The molecule has 32 heavy (non-hydrogen) atoms. The number of likely N-dealkylation sites (tertiary alicyclic amines) is 1. The first-order chi connectivity index (χ1) is 15.6. The van der Waals surface area contributed by atoms with Crippen molar-refractivity contribution in [3.05, 3.63) is 70.9 Å². The van der Waals surface area contributed by atoms with E-state index in [1.54, 1.807) is 6.20 Å². The van der Waals surface area contributed by atoms with Gasteiger partial charge in [0.1, 0.15) is 11.5 Å². The topological polar surface area (TPSA) is 79.2 Å². The number of pyridine rings is 1. The average molecular weight is 427 g/mol. The second-order valence-electron chi connectivity index (χ2n) is 9.20. The van der Waals surface area contributed by atoms with Gasteiger partial charge in [0.05, 0.1) is 0 Å². The van der Waals surface area contributed by atoms with E-state index in [-0.39, 0.29) is 5.91 Å². The highest BCUT2D eigenvalue weighted by Crippen LogP contribution is 2.42. The number of aromatic nitrogens is 5. The van der Waals surface area contributed by atoms with Crippen molar-refractivity contribution in [1.29, 1.82) is 0 Å². The first kappa shape index (κ1) is 19.2. The molecule has 1 aliphatic heterocycles. The van der Waals surface area contributed by atoms with Gasteiger partial charge >= 0.3 is 0 Å². The Morgan fingerprint density at radius 3 is 2.66 bits per heavy atom. The third kappa shape index (κ3) is 3.11. The summed E-state index contributed by atoms with van der Waals surface area (Å²) in [5.41, 5.74) is 6.30. The molecule has 6 rings (SSSR count). The standard InChI is InChI=1S/C25H26N6O/c1-15-10-21(17-4-3-5-17)22(24-27-16(2)28-29-24)11-20(15)25(32)31-13-19(14-31)18-6-7-23-26-8-9-30(23)12-18/h6-12,17,19H,3-5,13-14H2,1-2H3,(H,27,28,29). The molecule has 3 aromatic heterocycles. The number of carbonyl (C=O) groups is 1. The first-order valence-corrected chi connectivity index (χ1v) is 11.3. The quantitative estimate of drug-likeness (QED) is 0.529. The van der Waals surface area contributed by atoms with Gasteiger partial charge in [-0.1, -0.05) is 18.6 Å². The van der Waals surface area contributed by atoms with Gasteiger partial charge in [-0.05, 0) is 61.4 Å². The molecule has 0 bridgehead atoms.